The fourth-order valence-corrected chi connectivity index (χ4v) is 1.94. The van der Waals surface area contributed by atoms with Gasteiger partial charge < -0.3 is 5.11 Å². The molecule has 0 aromatic heterocycles. The molecule has 0 radical (unpaired) electrons. The predicted molar refractivity (Wildman–Crippen MR) is 54.7 cm³/mol. The lowest BCUT2D eigenvalue weighted by Crippen LogP contribution is -2.26. The summed E-state index contributed by atoms with van der Waals surface area (Å²) >= 11 is 0. The van der Waals surface area contributed by atoms with Crippen LogP contribution in [0.25, 0.3) is 0 Å². The average molecular weight is 204 g/mol. The standard InChI is InChI=1S/C12H12O3/c13-9-6-4-8(5-7-9)10-2-1-3-11(14)12(10)15/h4-7,10,13H,1-3H2. The largest absolute Gasteiger partial charge is 0.508 e. The zero-order valence-corrected chi connectivity index (χ0v) is 8.27. The molecule has 1 aromatic rings. The van der Waals surface area contributed by atoms with Crippen LogP contribution in [0.5, 0.6) is 5.75 Å². The zero-order chi connectivity index (χ0) is 10.8. The van der Waals surface area contributed by atoms with E-state index in [1.165, 1.54) is 0 Å². The van der Waals surface area contributed by atoms with E-state index >= 15 is 0 Å². The van der Waals surface area contributed by atoms with Crippen LogP contribution in [0.2, 0.25) is 0 Å². The molecule has 0 amide bonds. The summed E-state index contributed by atoms with van der Waals surface area (Å²) < 4.78 is 0. The van der Waals surface area contributed by atoms with Gasteiger partial charge in [0.2, 0.25) is 5.78 Å². The molecule has 1 atom stereocenters. The Hall–Kier alpha value is -1.64. The fraction of sp³-hybridized carbons (Fsp3) is 0.333. The van der Waals surface area contributed by atoms with Crippen molar-refractivity contribution in [2.24, 2.45) is 0 Å². The summed E-state index contributed by atoms with van der Waals surface area (Å²) in [6.45, 7) is 0. The molecule has 0 aliphatic heterocycles. The van der Waals surface area contributed by atoms with Crippen molar-refractivity contribution in [3.05, 3.63) is 29.8 Å². The van der Waals surface area contributed by atoms with E-state index in [1.807, 2.05) is 0 Å². The molecule has 0 saturated heterocycles. The van der Waals surface area contributed by atoms with Crippen LogP contribution in [0.15, 0.2) is 24.3 Å². The van der Waals surface area contributed by atoms with Gasteiger partial charge in [-0.3, -0.25) is 9.59 Å². The maximum atomic E-state index is 11.6. The molecule has 0 spiro atoms. The molecular weight excluding hydrogens is 192 g/mol. The number of carbonyl (C=O) groups is 2. The maximum absolute atomic E-state index is 11.6. The molecule has 1 N–H and O–H groups in total. The molecule has 1 unspecified atom stereocenters. The lowest BCUT2D eigenvalue weighted by Gasteiger charge is -2.19. The summed E-state index contributed by atoms with van der Waals surface area (Å²) in [4.78, 5) is 22.8. The number of phenols is 1. The quantitative estimate of drug-likeness (QED) is 0.709. The van der Waals surface area contributed by atoms with E-state index in [9.17, 15) is 9.59 Å². The van der Waals surface area contributed by atoms with E-state index in [0.717, 1.165) is 18.4 Å². The second-order valence-corrected chi connectivity index (χ2v) is 3.82. The van der Waals surface area contributed by atoms with Gasteiger partial charge in [0, 0.05) is 6.42 Å². The van der Waals surface area contributed by atoms with Crippen molar-refractivity contribution in [3.63, 3.8) is 0 Å². The van der Waals surface area contributed by atoms with Crippen molar-refractivity contribution in [3.8, 4) is 5.75 Å². The first kappa shape index (κ1) is 9.90. The monoisotopic (exact) mass is 204 g/mol. The normalized spacial score (nSPS) is 21.7. The van der Waals surface area contributed by atoms with Crippen molar-refractivity contribution in [2.75, 3.05) is 0 Å². The molecule has 1 aromatic carbocycles. The van der Waals surface area contributed by atoms with Crippen molar-refractivity contribution < 1.29 is 14.7 Å². The number of rotatable bonds is 1. The molecule has 3 heteroatoms. The Balaban J connectivity index is 2.26. The summed E-state index contributed by atoms with van der Waals surface area (Å²) in [5.74, 6) is -0.675. The number of benzene rings is 1. The Kier molecular flexibility index (Phi) is 2.54. The number of hydrogen-bond donors (Lipinski definition) is 1. The van der Waals surface area contributed by atoms with E-state index in [-0.39, 0.29) is 23.2 Å². The molecule has 78 valence electrons. The second kappa shape index (κ2) is 3.85. The van der Waals surface area contributed by atoms with E-state index in [1.54, 1.807) is 24.3 Å². The Morgan fingerprint density at radius 3 is 2.47 bits per heavy atom. The van der Waals surface area contributed by atoms with Crippen molar-refractivity contribution in [1.29, 1.82) is 0 Å². The number of ketones is 2. The van der Waals surface area contributed by atoms with Crippen molar-refractivity contribution >= 4 is 11.6 Å². The highest BCUT2D eigenvalue weighted by Gasteiger charge is 2.30. The topological polar surface area (TPSA) is 54.4 Å². The van der Waals surface area contributed by atoms with Crippen LogP contribution in [0, 0.1) is 0 Å². The van der Waals surface area contributed by atoms with Crippen LogP contribution in [-0.4, -0.2) is 16.7 Å². The summed E-state index contributed by atoms with van der Waals surface area (Å²) in [7, 11) is 0. The first-order valence-electron chi connectivity index (χ1n) is 5.04. The molecular formula is C12H12O3. The van der Waals surface area contributed by atoms with Gasteiger partial charge in [0.05, 0.1) is 5.92 Å². The minimum absolute atomic E-state index is 0.174. The van der Waals surface area contributed by atoms with Crippen LogP contribution in [0.3, 0.4) is 0 Å². The molecule has 1 saturated carbocycles. The minimum atomic E-state index is -0.299. The van der Waals surface area contributed by atoms with Gasteiger partial charge >= 0.3 is 0 Å². The maximum Gasteiger partial charge on any atom is 0.205 e. The molecule has 1 fully saturated rings. The highest BCUT2D eigenvalue weighted by molar-refractivity contribution is 6.39. The van der Waals surface area contributed by atoms with Crippen LogP contribution < -0.4 is 0 Å². The second-order valence-electron chi connectivity index (χ2n) is 3.82. The summed E-state index contributed by atoms with van der Waals surface area (Å²) in [5, 5.41) is 9.12. The Labute approximate surface area is 87.7 Å². The fourth-order valence-electron chi connectivity index (χ4n) is 1.94. The highest BCUT2D eigenvalue weighted by Crippen LogP contribution is 2.29. The van der Waals surface area contributed by atoms with E-state index < -0.39 is 0 Å². The molecule has 15 heavy (non-hydrogen) atoms. The number of carbonyl (C=O) groups excluding carboxylic acids is 2. The van der Waals surface area contributed by atoms with Gasteiger partial charge in [-0.15, -0.1) is 0 Å². The third kappa shape index (κ3) is 1.91. The van der Waals surface area contributed by atoms with Gasteiger partial charge in [0.25, 0.3) is 0 Å². The first-order chi connectivity index (χ1) is 7.18. The SMILES string of the molecule is O=C1CCCC(c2ccc(O)cc2)C1=O. The minimum Gasteiger partial charge on any atom is -0.508 e. The lowest BCUT2D eigenvalue weighted by molar-refractivity contribution is -0.139. The van der Waals surface area contributed by atoms with E-state index in [4.69, 9.17) is 5.11 Å². The Bertz CT molecular complexity index is 392. The third-order valence-corrected chi connectivity index (χ3v) is 2.78. The molecule has 3 nitrogen and oxygen atoms in total. The predicted octanol–water partition coefficient (Wildman–Crippen LogP) is 1.80. The van der Waals surface area contributed by atoms with Crippen LogP contribution in [0.4, 0.5) is 0 Å². The average Bonchev–Trinajstić information content (AvgIpc) is 2.24. The van der Waals surface area contributed by atoms with Crippen molar-refractivity contribution in [2.45, 2.75) is 25.2 Å². The Morgan fingerprint density at radius 1 is 1.13 bits per heavy atom. The molecule has 0 heterocycles. The summed E-state index contributed by atoms with van der Waals surface area (Å²) in [6.07, 6.45) is 1.89. The Morgan fingerprint density at radius 2 is 1.80 bits per heavy atom. The third-order valence-electron chi connectivity index (χ3n) is 2.78. The lowest BCUT2D eigenvalue weighted by atomic mass is 9.82. The molecule has 1 aliphatic rings. The van der Waals surface area contributed by atoms with Crippen LogP contribution >= 0.6 is 0 Å². The number of Topliss-reactive ketones (excluding diaryl/α,β-unsaturated/α-hetero) is 2. The molecule has 2 rings (SSSR count). The van der Waals surface area contributed by atoms with Crippen LogP contribution in [0.1, 0.15) is 30.7 Å². The number of aromatic hydroxyl groups is 1. The van der Waals surface area contributed by atoms with E-state index in [2.05, 4.69) is 0 Å². The van der Waals surface area contributed by atoms with Crippen molar-refractivity contribution in [1.82, 2.24) is 0 Å². The number of hydrogen-bond acceptors (Lipinski definition) is 3. The van der Waals surface area contributed by atoms with Gasteiger partial charge in [0.15, 0.2) is 5.78 Å². The first-order valence-corrected chi connectivity index (χ1v) is 5.04. The highest BCUT2D eigenvalue weighted by atomic mass is 16.3. The van der Waals surface area contributed by atoms with E-state index in [0.29, 0.717) is 6.42 Å². The summed E-state index contributed by atoms with van der Waals surface area (Å²) in [5.41, 5.74) is 0.825. The smallest absolute Gasteiger partial charge is 0.205 e. The molecule has 1 aliphatic carbocycles. The van der Waals surface area contributed by atoms with Gasteiger partial charge in [-0.25, -0.2) is 0 Å². The van der Waals surface area contributed by atoms with Gasteiger partial charge in [-0.2, -0.15) is 0 Å². The number of phenolic OH excluding ortho intramolecular Hbond substituents is 1. The van der Waals surface area contributed by atoms with Crippen LogP contribution in [-0.2, 0) is 9.59 Å². The molecule has 0 bridgehead atoms. The summed E-state index contributed by atoms with van der Waals surface area (Å²) in [6, 6.07) is 6.50. The van der Waals surface area contributed by atoms with Gasteiger partial charge in [-0.05, 0) is 30.5 Å². The van der Waals surface area contributed by atoms with Gasteiger partial charge in [0.1, 0.15) is 5.75 Å². The zero-order valence-electron chi connectivity index (χ0n) is 8.27. The van der Waals surface area contributed by atoms with Gasteiger partial charge in [-0.1, -0.05) is 12.1 Å².